The van der Waals surface area contributed by atoms with E-state index < -0.39 is 36.3 Å². The van der Waals surface area contributed by atoms with Gasteiger partial charge in [0.05, 0.1) is 6.61 Å². The van der Waals surface area contributed by atoms with Crippen LogP contribution in [0.5, 0.6) is 0 Å². The van der Waals surface area contributed by atoms with Crippen LogP contribution in [0.3, 0.4) is 0 Å². The first kappa shape index (κ1) is 28.4. The average Bonchev–Trinajstić information content (AvgIpc) is 2.77. The SMILES string of the molecule is CCCCCNC(=O)C(c1ccc(CC)cc1)N(CC)C(=O)C(CO)NC(=O)OC(C)(C)C. The first-order valence-electron chi connectivity index (χ1n) is 11.8. The molecule has 33 heavy (non-hydrogen) atoms. The Morgan fingerprint density at radius 2 is 1.70 bits per heavy atom. The third-order valence-electron chi connectivity index (χ3n) is 5.14. The Morgan fingerprint density at radius 3 is 2.18 bits per heavy atom. The lowest BCUT2D eigenvalue weighted by Crippen LogP contribution is -2.54. The topological polar surface area (TPSA) is 108 Å². The highest BCUT2D eigenvalue weighted by molar-refractivity contribution is 5.92. The fraction of sp³-hybridized carbons (Fsp3) is 0.640. The summed E-state index contributed by atoms with van der Waals surface area (Å²) in [6.07, 6.45) is 2.93. The highest BCUT2D eigenvalue weighted by atomic mass is 16.6. The van der Waals surface area contributed by atoms with E-state index in [4.69, 9.17) is 4.74 Å². The Bertz CT molecular complexity index is 758. The maximum Gasteiger partial charge on any atom is 0.408 e. The van der Waals surface area contributed by atoms with Gasteiger partial charge in [0, 0.05) is 13.1 Å². The number of nitrogens with one attached hydrogen (secondary N) is 2. The summed E-state index contributed by atoms with van der Waals surface area (Å²) >= 11 is 0. The van der Waals surface area contributed by atoms with Crippen molar-refractivity contribution in [2.45, 2.75) is 84.9 Å². The number of carbonyl (C=O) groups excluding carboxylic acids is 3. The van der Waals surface area contributed by atoms with Gasteiger partial charge in [0.25, 0.3) is 0 Å². The second-order valence-corrected chi connectivity index (χ2v) is 9.00. The van der Waals surface area contributed by atoms with Crippen LogP contribution in [0.25, 0.3) is 0 Å². The van der Waals surface area contributed by atoms with Gasteiger partial charge in [0.2, 0.25) is 11.8 Å². The number of alkyl carbamates (subject to hydrolysis) is 1. The van der Waals surface area contributed by atoms with Crippen molar-refractivity contribution in [3.63, 3.8) is 0 Å². The molecule has 0 radical (unpaired) electrons. The number of rotatable bonds is 12. The summed E-state index contributed by atoms with van der Waals surface area (Å²) < 4.78 is 5.22. The van der Waals surface area contributed by atoms with Gasteiger partial charge >= 0.3 is 6.09 Å². The number of likely N-dealkylation sites (N-methyl/N-ethyl adjacent to an activating group) is 1. The number of aliphatic hydroxyl groups excluding tert-OH is 1. The van der Waals surface area contributed by atoms with E-state index in [0.29, 0.717) is 12.1 Å². The van der Waals surface area contributed by atoms with Crippen LogP contribution in [-0.2, 0) is 20.7 Å². The molecule has 0 aliphatic rings. The van der Waals surface area contributed by atoms with E-state index in [1.165, 1.54) is 4.90 Å². The highest BCUT2D eigenvalue weighted by Gasteiger charge is 2.35. The molecule has 1 rings (SSSR count). The molecule has 8 heteroatoms. The molecule has 2 atom stereocenters. The van der Waals surface area contributed by atoms with Gasteiger partial charge in [-0.05, 0) is 51.7 Å². The molecule has 1 aromatic rings. The molecule has 0 aromatic heterocycles. The molecule has 3 amide bonds. The van der Waals surface area contributed by atoms with E-state index in [1.54, 1.807) is 27.7 Å². The molecule has 0 aliphatic carbocycles. The number of hydrogen-bond donors (Lipinski definition) is 3. The van der Waals surface area contributed by atoms with Crippen LogP contribution in [0.1, 0.15) is 78.0 Å². The zero-order valence-corrected chi connectivity index (χ0v) is 20.9. The number of benzene rings is 1. The van der Waals surface area contributed by atoms with E-state index in [9.17, 15) is 19.5 Å². The van der Waals surface area contributed by atoms with Crippen LogP contribution in [-0.4, -0.2) is 59.3 Å². The lowest BCUT2D eigenvalue weighted by atomic mass is 10.0. The molecule has 0 saturated carbocycles. The number of nitrogens with zero attached hydrogens (tertiary/aromatic N) is 1. The van der Waals surface area contributed by atoms with Gasteiger partial charge < -0.3 is 25.4 Å². The summed E-state index contributed by atoms with van der Waals surface area (Å²) in [7, 11) is 0. The van der Waals surface area contributed by atoms with Crippen LogP contribution >= 0.6 is 0 Å². The van der Waals surface area contributed by atoms with Crippen molar-refractivity contribution in [1.29, 1.82) is 0 Å². The van der Waals surface area contributed by atoms with Crippen LogP contribution in [0.4, 0.5) is 4.79 Å². The van der Waals surface area contributed by atoms with Gasteiger partial charge in [0.15, 0.2) is 0 Å². The molecule has 0 bridgehead atoms. The van der Waals surface area contributed by atoms with Crippen LogP contribution < -0.4 is 10.6 Å². The van der Waals surface area contributed by atoms with Gasteiger partial charge in [-0.3, -0.25) is 9.59 Å². The number of unbranched alkanes of at least 4 members (excludes halogenated alkanes) is 2. The molecule has 2 unspecified atom stereocenters. The number of amides is 3. The molecule has 0 aliphatic heterocycles. The zero-order chi connectivity index (χ0) is 25.0. The van der Waals surface area contributed by atoms with Gasteiger partial charge in [0.1, 0.15) is 17.7 Å². The second-order valence-electron chi connectivity index (χ2n) is 9.00. The highest BCUT2D eigenvalue weighted by Crippen LogP contribution is 2.23. The molecule has 8 nitrogen and oxygen atoms in total. The van der Waals surface area contributed by atoms with Crippen molar-refractivity contribution >= 4 is 17.9 Å². The van der Waals surface area contributed by atoms with Gasteiger partial charge in [-0.25, -0.2) is 4.79 Å². The molecule has 0 heterocycles. The fourth-order valence-electron chi connectivity index (χ4n) is 3.39. The van der Waals surface area contributed by atoms with Crippen molar-refractivity contribution in [2.75, 3.05) is 19.7 Å². The van der Waals surface area contributed by atoms with Crippen LogP contribution in [0.15, 0.2) is 24.3 Å². The lowest BCUT2D eigenvalue weighted by Gasteiger charge is -2.33. The Kier molecular flexibility index (Phi) is 11.9. The van der Waals surface area contributed by atoms with Gasteiger partial charge in [-0.1, -0.05) is 51.0 Å². The maximum absolute atomic E-state index is 13.3. The molecule has 1 aromatic carbocycles. The average molecular weight is 464 g/mol. The summed E-state index contributed by atoms with van der Waals surface area (Å²) in [6.45, 7) is 11.1. The molecule has 0 spiro atoms. The van der Waals surface area contributed by atoms with Crippen LogP contribution in [0.2, 0.25) is 0 Å². The molecule has 0 saturated heterocycles. The summed E-state index contributed by atoms with van der Waals surface area (Å²) in [5.41, 5.74) is 1.04. The maximum atomic E-state index is 13.3. The predicted octanol–water partition coefficient (Wildman–Crippen LogP) is 3.33. The first-order valence-corrected chi connectivity index (χ1v) is 11.8. The van der Waals surface area contributed by atoms with E-state index in [-0.39, 0.29) is 12.5 Å². The normalized spacial score (nSPS) is 13.1. The van der Waals surface area contributed by atoms with E-state index in [1.807, 2.05) is 31.2 Å². The molecule has 186 valence electrons. The second kappa shape index (κ2) is 13.8. The van der Waals surface area contributed by atoms with Gasteiger partial charge in [-0.15, -0.1) is 0 Å². The van der Waals surface area contributed by atoms with Crippen molar-refractivity contribution in [1.82, 2.24) is 15.5 Å². The number of carbonyl (C=O) groups is 3. The van der Waals surface area contributed by atoms with Crippen molar-refractivity contribution < 1.29 is 24.2 Å². The molecular formula is C25H41N3O5. The van der Waals surface area contributed by atoms with E-state index in [2.05, 4.69) is 17.6 Å². The standard InChI is InChI=1S/C25H41N3O5/c1-7-10-11-16-26-22(30)21(19-14-12-18(8-2)13-15-19)28(9-3)23(31)20(17-29)27-24(32)33-25(4,5)6/h12-15,20-21,29H,7-11,16-17H2,1-6H3,(H,26,30)(H,27,32). The van der Waals surface area contributed by atoms with Crippen molar-refractivity contribution in [2.24, 2.45) is 0 Å². The van der Waals surface area contributed by atoms with E-state index in [0.717, 1.165) is 31.2 Å². The third-order valence-corrected chi connectivity index (χ3v) is 5.14. The third kappa shape index (κ3) is 9.42. The number of aryl methyl sites for hydroxylation is 1. The largest absolute Gasteiger partial charge is 0.444 e. The number of aliphatic hydroxyl groups is 1. The predicted molar refractivity (Wildman–Crippen MR) is 129 cm³/mol. The Labute approximate surface area is 198 Å². The lowest BCUT2D eigenvalue weighted by molar-refractivity contribution is -0.143. The Hall–Kier alpha value is -2.61. The number of hydrogen-bond acceptors (Lipinski definition) is 5. The summed E-state index contributed by atoms with van der Waals surface area (Å²) in [5.74, 6) is -0.848. The minimum absolute atomic E-state index is 0.216. The van der Waals surface area contributed by atoms with Gasteiger partial charge in [-0.2, -0.15) is 0 Å². The quantitative estimate of drug-likeness (QED) is 0.412. The summed E-state index contributed by atoms with van der Waals surface area (Å²) in [6, 6.07) is 5.45. The van der Waals surface area contributed by atoms with Crippen molar-refractivity contribution in [3.05, 3.63) is 35.4 Å². The molecule has 3 N–H and O–H groups in total. The number of ether oxygens (including phenoxy) is 1. The summed E-state index contributed by atoms with van der Waals surface area (Å²) in [4.78, 5) is 40.1. The zero-order valence-electron chi connectivity index (χ0n) is 20.9. The molecular weight excluding hydrogens is 422 g/mol. The fourth-order valence-corrected chi connectivity index (χ4v) is 3.39. The Morgan fingerprint density at radius 1 is 1.06 bits per heavy atom. The first-order chi connectivity index (χ1) is 15.6. The monoisotopic (exact) mass is 463 g/mol. The smallest absolute Gasteiger partial charge is 0.408 e. The van der Waals surface area contributed by atoms with Crippen LogP contribution in [0, 0.1) is 0 Å². The van der Waals surface area contributed by atoms with Crippen molar-refractivity contribution in [3.8, 4) is 0 Å². The summed E-state index contributed by atoms with van der Waals surface area (Å²) in [5, 5.41) is 15.2. The van der Waals surface area contributed by atoms with E-state index >= 15 is 0 Å². The minimum Gasteiger partial charge on any atom is -0.444 e. The minimum atomic E-state index is -1.23. The molecule has 0 fully saturated rings. The Balaban J connectivity index is 3.17.